The zero-order valence-electron chi connectivity index (χ0n) is 10.4. The quantitative estimate of drug-likeness (QED) is 0.920. The van der Waals surface area contributed by atoms with Gasteiger partial charge < -0.3 is 5.32 Å². The average Bonchev–Trinajstić information content (AvgIpc) is 2.82. The van der Waals surface area contributed by atoms with Crippen LogP contribution in [0.1, 0.15) is 39.3 Å². The van der Waals surface area contributed by atoms with Gasteiger partial charge in [0.15, 0.2) is 5.01 Å². The number of rotatable bonds is 4. The van der Waals surface area contributed by atoms with Gasteiger partial charge in [0.25, 0.3) is 0 Å². The zero-order chi connectivity index (χ0) is 12.4. The highest BCUT2D eigenvalue weighted by Gasteiger charge is 2.16. The SMILES string of the molecule is CC(C)Nc1nnc(-c2scnc2C(C)C)s1. The third kappa shape index (κ3) is 2.81. The maximum Gasteiger partial charge on any atom is 0.206 e. The van der Waals surface area contributed by atoms with Crippen LogP contribution in [0.3, 0.4) is 0 Å². The Morgan fingerprint density at radius 3 is 2.59 bits per heavy atom. The Hall–Kier alpha value is -1.01. The first kappa shape index (κ1) is 12.4. The summed E-state index contributed by atoms with van der Waals surface area (Å²) in [5, 5.41) is 13.5. The van der Waals surface area contributed by atoms with Crippen molar-refractivity contribution in [3.63, 3.8) is 0 Å². The van der Waals surface area contributed by atoms with E-state index in [1.54, 1.807) is 22.7 Å². The summed E-state index contributed by atoms with van der Waals surface area (Å²) < 4.78 is 0. The summed E-state index contributed by atoms with van der Waals surface area (Å²) in [6, 6.07) is 0.377. The summed E-state index contributed by atoms with van der Waals surface area (Å²) in [7, 11) is 0. The van der Waals surface area contributed by atoms with Gasteiger partial charge in [-0.3, -0.25) is 0 Å². The Labute approximate surface area is 109 Å². The lowest BCUT2D eigenvalue weighted by Gasteiger charge is -2.03. The van der Waals surface area contributed by atoms with Crippen LogP contribution in [0, 0.1) is 0 Å². The van der Waals surface area contributed by atoms with Crippen molar-refractivity contribution in [3.8, 4) is 9.88 Å². The predicted molar refractivity (Wildman–Crippen MR) is 73.9 cm³/mol. The third-order valence-corrected chi connectivity index (χ3v) is 4.02. The number of hydrogen-bond acceptors (Lipinski definition) is 6. The van der Waals surface area contributed by atoms with Crippen LogP contribution >= 0.6 is 22.7 Å². The fourth-order valence-corrected chi connectivity index (χ4v) is 3.38. The minimum absolute atomic E-state index is 0.377. The fourth-order valence-electron chi connectivity index (χ4n) is 1.45. The molecular weight excluding hydrogens is 252 g/mol. The van der Waals surface area contributed by atoms with E-state index >= 15 is 0 Å². The molecule has 0 aromatic carbocycles. The lowest BCUT2D eigenvalue weighted by molar-refractivity contribution is 0.834. The van der Waals surface area contributed by atoms with E-state index in [1.807, 2.05) is 5.51 Å². The molecule has 92 valence electrons. The van der Waals surface area contributed by atoms with Crippen LogP contribution < -0.4 is 5.32 Å². The van der Waals surface area contributed by atoms with Crippen LogP contribution in [-0.2, 0) is 0 Å². The van der Waals surface area contributed by atoms with Crippen LogP contribution in [0.25, 0.3) is 9.88 Å². The first-order chi connectivity index (χ1) is 8.08. The molecule has 0 aliphatic heterocycles. The van der Waals surface area contributed by atoms with Crippen molar-refractivity contribution >= 4 is 27.8 Å². The summed E-state index contributed by atoms with van der Waals surface area (Å²) in [5.41, 5.74) is 2.99. The molecule has 0 amide bonds. The standard InChI is InChI=1S/C11H16N4S2/c1-6(2)8-9(16-5-12-8)10-14-15-11(17-10)13-7(3)4/h5-7H,1-4H3,(H,13,15). The van der Waals surface area contributed by atoms with Crippen molar-refractivity contribution in [2.45, 2.75) is 39.7 Å². The Kier molecular flexibility index (Phi) is 3.73. The van der Waals surface area contributed by atoms with Gasteiger partial charge in [0.1, 0.15) is 0 Å². The first-order valence-corrected chi connectivity index (χ1v) is 7.31. The summed E-state index contributed by atoms with van der Waals surface area (Å²) in [4.78, 5) is 5.55. The maximum absolute atomic E-state index is 4.40. The van der Waals surface area contributed by atoms with E-state index in [2.05, 4.69) is 48.2 Å². The molecule has 2 rings (SSSR count). The van der Waals surface area contributed by atoms with Crippen molar-refractivity contribution in [1.29, 1.82) is 0 Å². The smallest absolute Gasteiger partial charge is 0.206 e. The van der Waals surface area contributed by atoms with E-state index in [0.717, 1.165) is 20.7 Å². The van der Waals surface area contributed by atoms with Crippen molar-refractivity contribution in [1.82, 2.24) is 15.2 Å². The largest absolute Gasteiger partial charge is 0.358 e. The van der Waals surface area contributed by atoms with Crippen LogP contribution in [-0.4, -0.2) is 21.2 Å². The molecule has 2 heterocycles. The Morgan fingerprint density at radius 1 is 1.18 bits per heavy atom. The van der Waals surface area contributed by atoms with Gasteiger partial charge in [-0.25, -0.2) is 4.98 Å². The van der Waals surface area contributed by atoms with E-state index in [4.69, 9.17) is 0 Å². The molecule has 6 heteroatoms. The number of nitrogens with one attached hydrogen (secondary N) is 1. The summed E-state index contributed by atoms with van der Waals surface area (Å²) >= 11 is 3.22. The molecular formula is C11H16N4S2. The third-order valence-electron chi connectivity index (χ3n) is 2.17. The molecule has 0 saturated carbocycles. The van der Waals surface area contributed by atoms with Crippen LogP contribution in [0.2, 0.25) is 0 Å². The Bertz CT molecular complexity index is 487. The van der Waals surface area contributed by atoms with Gasteiger partial charge in [-0.15, -0.1) is 21.5 Å². The van der Waals surface area contributed by atoms with Gasteiger partial charge in [0, 0.05) is 6.04 Å². The van der Waals surface area contributed by atoms with E-state index in [1.165, 1.54) is 0 Å². The van der Waals surface area contributed by atoms with E-state index in [-0.39, 0.29) is 0 Å². The van der Waals surface area contributed by atoms with Crippen LogP contribution in [0.15, 0.2) is 5.51 Å². The van der Waals surface area contributed by atoms with Crippen molar-refractivity contribution in [2.24, 2.45) is 0 Å². The molecule has 4 nitrogen and oxygen atoms in total. The molecule has 17 heavy (non-hydrogen) atoms. The minimum Gasteiger partial charge on any atom is -0.358 e. The van der Waals surface area contributed by atoms with Crippen LogP contribution in [0.4, 0.5) is 5.13 Å². The van der Waals surface area contributed by atoms with Gasteiger partial charge >= 0.3 is 0 Å². The highest BCUT2D eigenvalue weighted by atomic mass is 32.1. The van der Waals surface area contributed by atoms with Gasteiger partial charge in [-0.2, -0.15) is 0 Å². The van der Waals surface area contributed by atoms with Crippen molar-refractivity contribution in [2.75, 3.05) is 5.32 Å². The number of thiazole rings is 1. The Balaban J connectivity index is 2.27. The maximum atomic E-state index is 4.40. The molecule has 2 aromatic heterocycles. The number of aromatic nitrogens is 3. The van der Waals surface area contributed by atoms with Gasteiger partial charge in [-0.1, -0.05) is 25.2 Å². The molecule has 0 fully saturated rings. The topological polar surface area (TPSA) is 50.7 Å². The molecule has 0 bridgehead atoms. The molecule has 0 aliphatic rings. The van der Waals surface area contributed by atoms with E-state index in [0.29, 0.717) is 12.0 Å². The second kappa shape index (κ2) is 5.10. The molecule has 0 saturated heterocycles. The lowest BCUT2D eigenvalue weighted by Crippen LogP contribution is -2.08. The molecule has 0 spiro atoms. The molecule has 0 atom stereocenters. The summed E-state index contributed by atoms with van der Waals surface area (Å²) in [6.07, 6.45) is 0. The monoisotopic (exact) mass is 268 g/mol. The van der Waals surface area contributed by atoms with E-state index < -0.39 is 0 Å². The predicted octanol–water partition coefficient (Wildman–Crippen LogP) is 3.61. The second-order valence-electron chi connectivity index (χ2n) is 4.43. The number of hydrogen-bond donors (Lipinski definition) is 1. The fraction of sp³-hybridized carbons (Fsp3) is 0.545. The van der Waals surface area contributed by atoms with Crippen molar-refractivity contribution < 1.29 is 0 Å². The van der Waals surface area contributed by atoms with Gasteiger partial charge in [0.05, 0.1) is 16.1 Å². The molecule has 0 aliphatic carbocycles. The van der Waals surface area contributed by atoms with Crippen molar-refractivity contribution in [3.05, 3.63) is 11.2 Å². The minimum atomic E-state index is 0.377. The highest BCUT2D eigenvalue weighted by Crippen LogP contribution is 2.35. The lowest BCUT2D eigenvalue weighted by atomic mass is 10.1. The normalized spacial score (nSPS) is 11.4. The van der Waals surface area contributed by atoms with Crippen LogP contribution in [0.5, 0.6) is 0 Å². The first-order valence-electron chi connectivity index (χ1n) is 5.61. The van der Waals surface area contributed by atoms with Gasteiger partial charge in [-0.05, 0) is 19.8 Å². The Morgan fingerprint density at radius 2 is 1.94 bits per heavy atom. The second-order valence-corrected chi connectivity index (χ2v) is 6.27. The molecule has 0 radical (unpaired) electrons. The molecule has 2 aromatic rings. The molecule has 1 N–H and O–H groups in total. The summed E-state index contributed by atoms with van der Waals surface area (Å²) in [5.74, 6) is 0.418. The number of anilines is 1. The summed E-state index contributed by atoms with van der Waals surface area (Å²) in [6.45, 7) is 8.47. The average molecular weight is 268 g/mol. The molecule has 0 unspecified atom stereocenters. The van der Waals surface area contributed by atoms with E-state index in [9.17, 15) is 0 Å². The number of nitrogens with zero attached hydrogens (tertiary/aromatic N) is 3. The highest BCUT2D eigenvalue weighted by molar-refractivity contribution is 7.22. The van der Waals surface area contributed by atoms with Gasteiger partial charge in [0.2, 0.25) is 5.13 Å². The zero-order valence-corrected chi connectivity index (χ0v) is 12.0.